The van der Waals surface area contributed by atoms with Crippen molar-refractivity contribution in [1.82, 2.24) is 0 Å². The van der Waals surface area contributed by atoms with Crippen molar-refractivity contribution in [3.8, 4) is 0 Å². The standard InChI is InChI=1S/C22H30O2/c1-3-5-17-21(23,19-13-9-7-10-14-19)22(24,18-6-4-2)20-15-11-8-12-16-20/h7-16,23-24H,3-6,17-18H2,1-2H3/t21-,22-/m0/s1. The molecule has 24 heavy (non-hydrogen) atoms. The van der Waals surface area contributed by atoms with Gasteiger partial charge in [0.15, 0.2) is 0 Å². The summed E-state index contributed by atoms with van der Waals surface area (Å²) in [6, 6.07) is 19.3. The minimum atomic E-state index is -1.29. The van der Waals surface area contributed by atoms with E-state index in [1.807, 2.05) is 60.7 Å². The van der Waals surface area contributed by atoms with Crippen LogP contribution in [0, 0.1) is 0 Å². The summed E-state index contributed by atoms with van der Waals surface area (Å²) in [4.78, 5) is 0. The predicted molar refractivity (Wildman–Crippen MR) is 99.7 cm³/mol. The highest BCUT2D eigenvalue weighted by Crippen LogP contribution is 2.47. The molecule has 2 heteroatoms. The molecule has 0 heterocycles. The van der Waals surface area contributed by atoms with Crippen molar-refractivity contribution in [3.05, 3.63) is 71.8 Å². The molecule has 2 rings (SSSR count). The predicted octanol–water partition coefficient (Wildman–Crippen LogP) is 5.14. The van der Waals surface area contributed by atoms with Crippen molar-refractivity contribution in [2.24, 2.45) is 0 Å². The zero-order valence-electron chi connectivity index (χ0n) is 14.9. The molecular weight excluding hydrogens is 296 g/mol. The molecule has 130 valence electrons. The van der Waals surface area contributed by atoms with Crippen LogP contribution in [0.2, 0.25) is 0 Å². The molecule has 0 saturated heterocycles. The van der Waals surface area contributed by atoms with Gasteiger partial charge in [0.05, 0.1) is 0 Å². The Kier molecular flexibility index (Phi) is 6.59. The van der Waals surface area contributed by atoms with E-state index in [4.69, 9.17) is 0 Å². The average molecular weight is 326 g/mol. The summed E-state index contributed by atoms with van der Waals surface area (Å²) >= 11 is 0. The zero-order valence-corrected chi connectivity index (χ0v) is 14.9. The van der Waals surface area contributed by atoms with Crippen molar-refractivity contribution in [3.63, 3.8) is 0 Å². The van der Waals surface area contributed by atoms with Crippen LogP contribution in [-0.2, 0) is 11.2 Å². The first-order valence-corrected chi connectivity index (χ1v) is 9.14. The molecule has 0 aliphatic rings. The van der Waals surface area contributed by atoms with Crippen LogP contribution in [0.25, 0.3) is 0 Å². The Morgan fingerprint density at radius 2 is 0.958 bits per heavy atom. The normalized spacial score (nSPS) is 16.3. The first kappa shape index (κ1) is 18.7. The van der Waals surface area contributed by atoms with Gasteiger partial charge in [-0.2, -0.15) is 0 Å². The van der Waals surface area contributed by atoms with Gasteiger partial charge in [-0.05, 0) is 24.0 Å². The van der Waals surface area contributed by atoms with E-state index in [-0.39, 0.29) is 0 Å². The molecule has 2 N–H and O–H groups in total. The molecule has 0 unspecified atom stereocenters. The van der Waals surface area contributed by atoms with Crippen LogP contribution in [0.15, 0.2) is 60.7 Å². The lowest BCUT2D eigenvalue weighted by Crippen LogP contribution is -2.49. The Labute approximate surface area is 146 Å². The highest BCUT2D eigenvalue weighted by molar-refractivity contribution is 5.34. The summed E-state index contributed by atoms with van der Waals surface area (Å²) in [5.41, 5.74) is -0.997. The second-order valence-electron chi connectivity index (χ2n) is 6.66. The van der Waals surface area contributed by atoms with Crippen molar-refractivity contribution in [2.75, 3.05) is 0 Å². The quantitative estimate of drug-likeness (QED) is 0.669. The van der Waals surface area contributed by atoms with Gasteiger partial charge in [0.2, 0.25) is 0 Å². The van der Waals surface area contributed by atoms with Crippen LogP contribution in [0.5, 0.6) is 0 Å². The molecule has 0 amide bonds. The summed E-state index contributed by atoms with van der Waals surface area (Å²) in [5.74, 6) is 0. The van der Waals surface area contributed by atoms with E-state index in [9.17, 15) is 10.2 Å². The fourth-order valence-corrected chi connectivity index (χ4v) is 3.47. The molecule has 2 aromatic rings. The highest BCUT2D eigenvalue weighted by Gasteiger charge is 2.50. The van der Waals surface area contributed by atoms with Gasteiger partial charge in [-0.25, -0.2) is 0 Å². The van der Waals surface area contributed by atoms with Crippen molar-refractivity contribution in [1.29, 1.82) is 0 Å². The molecule has 0 aliphatic heterocycles. The molecule has 0 aromatic heterocycles. The third-order valence-electron chi connectivity index (χ3n) is 4.97. The van der Waals surface area contributed by atoms with Gasteiger partial charge in [-0.3, -0.25) is 0 Å². The third kappa shape index (κ3) is 3.71. The van der Waals surface area contributed by atoms with Crippen molar-refractivity contribution >= 4 is 0 Å². The maximum atomic E-state index is 11.8. The molecular formula is C22H30O2. The van der Waals surface area contributed by atoms with Gasteiger partial charge < -0.3 is 10.2 Å². The molecule has 0 fully saturated rings. The fourth-order valence-electron chi connectivity index (χ4n) is 3.47. The maximum Gasteiger partial charge on any atom is 0.122 e. The van der Waals surface area contributed by atoms with Crippen LogP contribution >= 0.6 is 0 Å². The summed E-state index contributed by atoms with van der Waals surface area (Å²) < 4.78 is 0. The first-order chi connectivity index (χ1) is 11.6. The Bertz CT molecular complexity index is 540. The Balaban J connectivity index is 2.56. The van der Waals surface area contributed by atoms with Crippen LogP contribution < -0.4 is 0 Å². The largest absolute Gasteiger partial charge is 0.382 e. The van der Waals surface area contributed by atoms with E-state index < -0.39 is 11.2 Å². The average Bonchev–Trinajstić information content (AvgIpc) is 2.65. The monoisotopic (exact) mass is 326 g/mol. The van der Waals surface area contributed by atoms with E-state index >= 15 is 0 Å². The molecule has 2 atom stereocenters. The lowest BCUT2D eigenvalue weighted by molar-refractivity contribution is -0.175. The SMILES string of the molecule is CCCC[C@](O)(c1ccccc1)[C@](O)(CCCC)c1ccccc1. The Morgan fingerprint density at radius 3 is 1.25 bits per heavy atom. The lowest BCUT2D eigenvalue weighted by atomic mass is 9.68. The second kappa shape index (κ2) is 8.46. The minimum Gasteiger partial charge on any atom is -0.382 e. The smallest absolute Gasteiger partial charge is 0.122 e. The van der Waals surface area contributed by atoms with Gasteiger partial charge in [-0.1, -0.05) is 100 Å². The maximum absolute atomic E-state index is 11.8. The van der Waals surface area contributed by atoms with Gasteiger partial charge in [0.1, 0.15) is 11.2 Å². The van der Waals surface area contributed by atoms with Crippen LogP contribution in [-0.4, -0.2) is 10.2 Å². The van der Waals surface area contributed by atoms with E-state index in [0.29, 0.717) is 12.8 Å². The lowest BCUT2D eigenvalue weighted by Gasteiger charge is -2.45. The number of benzene rings is 2. The number of aliphatic hydroxyl groups is 2. The first-order valence-electron chi connectivity index (χ1n) is 9.14. The van der Waals surface area contributed by atoms with Crippen LogP contribution in [0.1, 0.15) is 63.5 Å². The molecule has 0 bridgehead atoms. The van der Waals surface area contributed by atoms with Crippen LogP contribution in [0.4, 0.5) is 0 Å². The van der Waals surface area contributed by atoms with Crippen molar-refractivity contribution < 1.29 is 10.2 Å². The van der Waals surface area contributed by atoms with Gasteiger partial charge in [0.25, 0.3) is 0 Å². The highest BCUT2D eigenvalue weighted by atomic mass is 16.4. The molecule has 0 spiro atoms. The minimum absolute atomic E-state index is 0.544. The summed E-state index contributed by atoms with van der Waals surface area (Å²) in [5, 5.41) is 23.5. The molecule has 2 aromatic carbocycles. The number of unbranched alkanes of at least 4 members (excludes halogenated alkanes) is 2. The summed E-state index contributed by atoms with van der Waals surface area (Å²) in [6.45, 7) is 4.22. The fraction of sp³-hybridized carbons (Fsp3) is 0.455. The summed E-state index contributed by atoms with van der Waals surface area (Å²) in [7, 11) is 0. The third-order valence-corrected chi connectivity index (χ3v) is 4.97. The van der Waals surface area contributed by atoms with E-state index in [0.717, 1.165) is 36.8 Å². The topological polar surface area (TPSA) is 40.5 Å². The zero-order chi connectivity index (χ0) is 17.5. The molecule has 0 aliphatic carbocycles. The molecule has 0 saturated carbocycles. The van der Waals surface area contributed by atoms with Gasteiger partial charge in [-0.15, -0.1) is 0 Å². The number of hydrogen-bond donors (Lipinski definition) is 2. The molecule has 0 radical (unpaired) electrons. The summed E-state index contributed by atoms with van der Waals surface area (Å²) in [6.07, 6.45) is 4.78. The van der Waals surface area contributed by atoms with Gasteiger partial charge >= 0.3 is 0 Å². The van der Waals surface area contributed by atoms with E-state index in [1.54, 1.807) is 0 Å². The van der Waals surface area contributed by atoms with Crippen LogP contribution in [0.3, 0.4) is 0 Å². The number of hydrogen-bond acceptors (Lipinski definition) is 2. The Morgan fingerprint density at radius 1 is 0.625 bits per heavy atom. The van der Waals surface area contributed by atoms with E-state index in [2.05, 4.69) is 13.8 Å². The van der Waals surface area contributed by atoms with Gasteiger partial charge in [0, 0.05) is 0 Å². The Hall–Kier alpha value is -1.64. The molecule has 2 nitrogen and oxygen atoms in total. The van der Waals surface area contributed by atoms with E-state index in [1.165, 1.54) is 0 Å². The second-order valence-corrected chi connectivity index (χ2v) is 6.66. The van der Waals surface area contributed by atoms with Crippen molar-refractivity contribution in [2.45, 2.75) is 63.6 Å². The number of rotatable bonds is 9.